The monoisotopic (exact) mass is 822 g/mol. The first-order valence-corrected chi connectivity index (χ1v) is 24.4. The van der Waals surface area contributed by atoms with Gasteiger partial charge in [-0.1, -0.05) is 81.1 Å². The molecular weight excluding hydrogens is 765 g/mol. The van der Waals surface area contributed by atoms with Gasteiger partial charge in [0.15, 0.2) is 5.69 Å². The van der Waals surface area contributed by atoms with Gasteiger partial charge < -0.3 is 8.80 Å². The van der Waals surface area contributed by atoms with Crippen molar-refractivity contribution in [2.45, 2.75) is 171 Å². The van der Waals surface area contributed by atoms with Crippen LogP contribution in [0.5, 0.6) is 0 Å². The van der Waals surface area contributed by atoms with Crippen molar-refractivity contribution in [2.24, 2.45) is 0 Å². The molecule has 3 fully saturated rings. The second kappa shape index (κ2) is 11.1. The van der Waals surface area contributed by atoms with Crippen LogP contribution in [0.15, 0.2) is 48.5 Å². The summed E-state index contributed by atoms with van der Waals surface area (Å²) in [5, 5.41) is 22.0. The highest BCUT2D eigenvalue weighted by Crippen LogP contribution is 2.66. The van der Waals surface area contributed by atoms with Gasteiger partial charge in [0.25, 0.3) is 0 Å². The average molecular weight is 823 g/mol. The Hall–Kier alpha value is -5.32. The third-order valence-electron chi connectivity index (χ3n) is 19.0. The molecule has 6 aliphatic rings. The smallest absolute Gasteiger partial charge is 0.193 e. The van der Waals surface area contributed by atoms with Crippen molar-refractivity contribution in [3.8, 4) is 6.07 Å². The highest BCUT2D eigenvalue weighted by molar-refractivity contribution is 6.30. The van der Waals surface area contributed by atoms with E-state index < -0.39 is 0 Å². The minimum absolute atomic E-state index is 0.0449. The minimum atomic E-state index is -0.0483. The van der Waals surface area contributed by atoms with E-state index in [4.69, 9.17) is 6.57 Å². The quantitative estimate of drug-likeness (QED) is 0.140. The third kappa shape index (κ3) is 4.21. The van der Waals surface area contributed by atoms with E-state index in [1.807, 2.05) is 0 Å². The number of hydrogen-bond acceptors (Lipinski definition) is 1. The van der Waals surface area contributed by atoms with E-state index in [2.05, 4.69) is 124 Å². The molecule has 3 saturated carbocycles. The molecule has 4 heteroatoms. The van der Waals surface area contributed by atoms with Crippen molar-refractivity contribution in [1.82, 2.24) is 8.80 Å². The first kappa shape index (κ1) is 37.1. The fraction of sp³-hybridized carbons (Fsp3) is 0.458. The van der Waals surface area contributed by atoms with Crippen LogP contribution in [0.3, 0.4) is 0 Å². The van der Waals surface area contributed by atoms with Crippen LogP contribution in [0, 0.1) is 17.9 Å². The molecule has 5 aromatic carbocycles. The zero-order valence-electron chi connectivity index (χ0n) is 38.6. The number of rotatable bonds is 0. The Bertz CT molecular complexity index is 3660. The van der Waals surface area contributed by atoms with E-state index in [0.717, 1.165) is 24.1 Å². The summed E-state index contributed by atoms with van der Waals surface area (Å²) in [4.78, 5) is 4.37. The van der Waals surface area contributed by atoms with E-state index >= 15 is 0 Å². The lowest BCUT2D eigenvalue weighted by atomic mass is 9.51. The van der Waals surface area contributed by atoms with Gasteiger partial charge >= 0.3 is 0 Å². The van der Waals surface area contributed by atoms with Gasteiger partial charge in [-0.25, -0.2) is 4.85 Å². The van der Waals surface area contributed by atoms with Gasteiger partial charge in [0.1, 0.15) is 0 Å². The first-order chi connectivity index (χ1) is 30.0. The molecule has 4 nitrogen and oxygen atoms in total. The topological polar surface area (TPSA) is 37.0 Å². The van der Waals surface area contributed by atoms with Gasteiger partial charge in [-0.3, -0.25) is 0 Å². The van der Waals surface area contributed by atoms with Crippen molar-refractivity contribution >= 4 is 81.9 Å². The van der Waals surface area contributed by atoms with Gasteiger partial charge in [-0.2, -0.15) is 5.26 Å². The average Bonchev–Trinajstić information content (AvgIpc) is 4.13. The Kier molecular flexibility index (Phi) is 6.55. The molecule has 9 aromatic rings. The van der Waals surface area contributed by atoms with Crippen LogP contribution in [0.25, 0.3) is 81.0 Å². The zero-order chi connectivity index (χ0) is 43.1. The number of benzene rings is 5. The lowest BCUT2D eigenvalue weighted by Crippen LogP contribution is -2.44. The SMILES string of the molecule is [C-]#[N+]c1cc2c(c3c1C1(C)CCC3(C)CC1)c1cc(C(C)(C)C)cc3c4cc5c(cc4n2c31)c1cc(C(C)(C)C)cc2c3c4c(c(C#N)cc3n5c12)C1(CCCC1)CC41CCCC1. The van der Waals surface area contributed by atoms with E-state index in [0.29, 0.717) is 0 Å². The molecule has 314 valence electrons. The Balaban J connectivity index is 1.19. The van der Waals surface area contributed by atoms with Crippen LogP contribution >= 0.6 is 0 Å². The molecule has 0 radical (unpaired) electrons. The molecule has 4 aromatic heterocycles. The van der Waals surface area contributed by atoms with Gasteiger partial charge in [0.05, 0.1) is 45.8 Å². The highest BCUT2D eigenvalue weighted by atomic mass is 14.9. The van der Waals surface area contributed by atoms with Crippen molar-refractivity contribution in [1.29, 1.82) is 5.26 Å². The van der Waals surface area contributed by atoms with Gasteiger partial charge in [0, 0.05) is 48.6 Å². The second-order valence-corrected chi connectivity index (χ2v) is 24.5. The molecule has 0 aliphatic heterocycles. The Morgan fingerprint density at radius 3 is 1.44 bits per heavy atom. The molecule has 2 bridgehead atoms. The maximum atomic E-state index is 11.2. The molecule has 0 N–H and O–H groups in total. The summed E-state index contributed by atoms with van der Waals surface area (Å²) in [6.07, 6.45) is 16.0. The summed E-state index contributed by atoms with van der Waals surface area (Å²) in [7, 11) is 0. The molecule has 0 atom stereocenters. The lowest BCUT2D eigenvalue weighted by Gasteiger charge is -2.53. The molecule has 15 rings (SSSR count). The number of hydrogen-bond donors (Lipinski definition) is 0. The van der Waals surface area contributed by atoms with E-state index in [1.165, 1.54) is 175 Å². The van der Waals surface area contributed by atoms with Crippen LogP contribution in [-0.2, 0) is 32.5 Å². The molecule has 2 spiro atoms. The normalized spacial score (nSPS) is 24.0. The molecule has 0 amide bonds. The van der Waals surface area contributed by atoms with Crippen molar-refractivity contribution < 1.29 is 0 Å². The maximum Gasteiger partial charge on any atom is 0.193 e. The number of nitrogens with zero attached hydrogens (tertiary/aromatic N) is 4. The Morgan fingerprint density at radius 1 is 0.524 bits per heavy atom. The number of aromatic nitrogens is 2. The molecule has 0 unspecified atom stereocenters. The summed E-state index contributed by atoms with van der Waals surface area (Å²) >= 11 is 0. The van der Waals surface area contributed by atoms with Crippen molar-refractivity contribution in [2.75, 3.05) is 0 Å². The molecule has 6 aliphatic carbocycles. The van der Waals surface area contributed by atoms with Gasteiger partial charge in [-0.15, -0.1) is 0 Å². The Labute approximate surface area is 370 Å². The van der Waals surface area contributed by atoms with Crippen molar-refractivity contribution in [3.05, 3.63) is 98.9 Å². The molecule has 4 heterocycles. The van der Waals surface area contributed by atoms with E-state index in [-0.39, 0.29) is 32.5 Å². The Morgan fingerprint density at radius 2 is 0.968 bits per heavy atom. The van der Waals surface area contributed by atoms with Crippen LogP contribution in [0.4, 0.5) is 5.69 Å². The molecule has 63 heavy (non-hydrogen) atoms. The molecular formula is C59H58N4. The minimum Gasteiger partial charge on any atom is -0.309 e. The predicted octanol–water partition coefficient (Wildman–Crippen LogP) is 16.1. The van der Waals surface area contributed by atoms with Crippen LogP contribution in [0.2, 0.25) is 0 Å². The standard InChI is InChI=1S/C59H58N4/c1-54(2,3)33-23-37-36-27-42-35(28-43(36)63-45-29-41(61-9)49-50(46(45)39(25-33)52(37)63)57(8)20-18-56(49,7)19-21-57)38-24-34(55(4,5)6)26-40-47-44(62(42)53(38)40)22-32(30-60)48-51(47)59(16-12-13-17-59)31-58(48)14-10-11-15-58/h22-29H,10-21,31H2,1-8H3. The molecule has 0 saturated heterocycles. The largest absolute Gasteiger partial charge is 0.309 e. The summed E-state index contributed by atoms with van der Waals surface area (Å²) in [5.74, 6) is 0. The fourth-order valence-electron chi connectivity index (χ4n) is 15.9. The number of nitriles is 1. The summed E-state index contributed by atoms with van der Waals surface area (Å²) in [6.45, 7) is 27.8. The second-order valence-electron chi connectivity index (χ2n) is 24.5. The fourth-order valence-corrected chi connectivity index (χ4v) is 15.9. The number of fused-ring (bicyclic) bond motifs is 18. The first-order valence-electron chi connectivity index (χ1n) is 24.4. The highest BCUT2D eigenvalue weighted by Gasteiger charge is 2.56. The van der Waals surface area contributed by atoms with Crippen LogP contribution in [-0.4, -0.2) is 8.80 Å². The van der Waals surface area contributed by atoms with Crippen LogP contribution < -0.4 is 0 Å². The summed E-state index contributed by atoms with van der Waals surface area (Å²) in [6, 6.07) is 22.6. The van der Waals surface area contributed by atoms with E-state index in [1.54, 1.807) is 5.56 Å². The third-order valence-corrected chi connectivity index (χ3v) is 19.0. The zero-order valence-corrected chi connectivity index (χ0v) is 38.6. The van der Waals surface area contributed by atoms with Crippen molar-refractivity contribution in [3.63, 3.8) is 0 Å². The van der Waals surface area contributed by atoms with Crippen LogP contribution in [0.1, 0.15) is 178 Å². The van der Waals surface area contributed by atoms with E-state index in [9.17, 15) is 5.26 Å². The predicted molar refractivity (Wildman–Crippen MR) is 262 cm³/mol. The van der Waals surface area contributed by atoms with Gasteiger partial charge in [-0.05, 0) is 172 Å². The maximum absolute atomic E-state index is 11.2. The summed E-state index contributed by atoms with van der Waals surface area (Å²) in [5.41, 5.74) is 18.2. The van der Waals surface area contributed by atoms with Gasteiger partial charge in [0.2, 0.25) is 0 Å². The lowest BCUT2D eigenvalue weighted by molar-refractivity contribution is 0.191. The summed E-state index contributed by atoms with van der Waals surface area (Å²) < 4.78 is 5.18.